The van der Waals surface area contributed by atoms with Gasteiger partial charge in [-0.15, -0.1) is 0 Å². The molecule has 0 saturated carbocycles. The van der Waals surface area contributed by atoms with Crippen LogP contribution in [0.1, 0.15) is 57.0 Å². The topological polar surface area (TPSA) is 136 Å². The van der Waals surface area contributed by atoms with Crippen LogP contribution in [0.4, 0.5) is 13.2 Å². The molecule has 0 aliphatic carbocycles. The number of hydrogen-bond donors (Lipinski definition) is 2. The molecule has 56 heavy (non-hydrogen) atoms. The molecule has 0 aliphatic rings. The molecule has 0 fully saturated rings. The van der Waals surface area contributed by atoms with Crippen molar-refractivity contribution in [1.29, 1.82) is 0 Å². The van der Waals surface area contributed by atoms with Gasteiger partial charge in [0.2, 0.25) is 0 Å². The smallest absolute Gasteiger partial charge is 0.311 e. The number of nitrogens with zero attached hydrogens (tertiary/aromatic N) is 3. The van der Waals surface area contributed by atoms with Gasteiger partial charge in [0.25, 0.3) is 0 Å². The number of esters is 1. The summed E-state index contributed by atoms with van der Waals surface area (Å²) in [5.74, 6) is -3.42. The maximum Gasteiger partial charge on any atom is 0.311 e. The van der Waals surface area contributed by atoms with Crippen LogP contribution in [0.25, 0.3) is 22.3 Å². The largest absolute Gasteiger partial charge is 0.469 e. The lowest BCUT2D eigenvalue weighted by Crippen LogP contribution is -2.29. The Morgan fingerprint density at radius 3 is 2.52 bits per heavy atom. The minimum Gasteiger partial charge on any atom is -0.469 e. The zero-order valence-electron chi connectivity index (χ0n) is 32.1. The monoisotopic (exact) mass is 878 g/mol. The fourth-order valence-electron chi connectivity index (χ4n) is 7.05. The molecule has 5 rings (SSSR count). The van der Waals surface area contributed by atoms with Gasteiger partial charge < -0.3 is 19.6 Å². The van der Waals surface area contributed by atoms with Crippen LogP contribution in [0.2, 0.25) is 0 Å². The van der Waals surface area contributed by atoms with Crippen LogP contribution in [0.5, 0.6) is 0 Å². The average Bonchev–Trinajstić information content (AvgIpc) is 3.80. The first kappa shape index (κ1) is 43.4. The van der Waals surface area contributed by atoms with Crippen molar-refractivity contribution in [3.05, 3.63) is 93.6 Å². The Morgan fingerprint density at radius 1 is 1.07 bits per heavy atom. The zero-order chi connectivity index (χ0) is 41.0. The number of fused-ring (bicyclic) bond motifs is 1. The predicted molar refractivity (Wildman–Crippen MR) is 214 cm³/mol. The summed E-state index contributed by atoms with van der Waals surface area (Å²) >= 11 is 4.35. The zero-order valence-corrected chi connectivity index (χ0v) is 35.3. The number of aryl methyl sites for hydroxylation is 1. The van der Waals surface area contributed by atoms with E-state index in [1.54, 1.807) is 13.1 Å². The van der Waals surface area contributed by atoms with E-state index >= 15 is 8.78 Å². The van der Waals surface area contributed by atoms with Crippen LogP contribution in [0.15, 0.2) is 69.0 Å². The standard InChI is InChI=1S/C40H46BrF3N4O6S2/c1-39(2,23-56(51,52)18-17-49)14-8-15-40(3,26-10-7-9-24(20-26)19-25(22-53-5)37(50)54-6)38-46-36(48(4)47-38)29-21-27(11-12-30(29)42)55-35-31(41)28-13-16-45-34(28)32(43)33(35)44/h7,9-13,16,20-21,25,45,49H,8,14-15,17-19,22-23H2,1-6H3/t25?,40-/m1/s1. The Morgan fingerprint density at radius 2 is 1.82 bits per heavy atom. The molecule has 0 radical (unpaired) electrons. The lowest BCUT2D eigenvalue weighted by atomic mass is 9.75. The highest BCUT2D eigenvalue weighted by Gasteiger charge is 2.36. The quantitative estimate of drug-likeness (QED) is 0.0660. The van der Waals surface area contributed by atoms with Crippen LogP contribution in [0, 0.1) is 28.8 Å². The second-order valence-electron chi connectivity index (χ2n) is 14.9. The van der Waals surface area contributed by atoms with Gasteiger partial charge in [0.05, 0.1) is 59.1 Å². The molecule has 2 atom stereocenters. The number of aromatic amines is 1. The van der Waals surface area contributed by atoms with Crippen molar-refractivity contribution in [2.24, 2.45) is 18.4 Å². The summed E-state index contributed by atoms with van der Waals surface area (Å²) in [7, 11) is 1.02. The van der Waals surface area contributed by atoms with Gasteiger partial charge in [-0.25, -0.2) is 31.3 Å². The van der Waals surface area contributed by atoms with Crippen molar-refractivity contribution in [2.75, 3.05) is 38.9 Å². The Bertz CT molecular complexity index is 2320. The maximum absolute atomic E-state index is 15.7. The molecule has 2 aromatic heterocycles. The maximum atomic E-state index is 15.7. The molecule has 0 aliphatic heterocycles. The summed E-state index contributed by atoms with van der Waals surface area (Å²) in [6.45, 7) is 5.45. The van der Waals surface area contributed by atoms with Crippen molar-refractivity contribution in [2.45, 2.75) is 61.7 Å². The number of carbonyl (C=O) groups excluding carboxylic acids is 1. The molecule has 16 heteroatoms. The van der Waals surface area contributed by atoms with Gasteiger partial charge >= 0.3 is 5.97 Å². The number of rotatable bonds is 18. The number of ether oxygens (including phenoxy) is 2. The van der Waals surface area contributed by atoms with Gasteiger partial charge in [0, 0.05) is 35.1 Å². The first-order chi connectivity index (χ1) is 26.4. The number of H-pyrrole nitrogens is 1. The number of aromatic nitrogens is 4. The van der Waals surface area contributed by atoms with Gasteiger partial charge in [-0.1, -0.05) is 56.3 Å². The molecular formula is C40H46BrF3N4O6S2. The Kier molecular flexibility index (Phi) is 13.8. The summed E-state index contributed by atoms with van der Waals surface area (Å²) in [6.07, 6.45) is 3.42. The molecule has 302 valence electrons. The van der Waals surface area contributed by atoms with E-state index < -0.39 is 56.6 Å². The van der Waals surface area contributed by atoms with Gasteiger partial charge in [-0.2, -0.15) is 5.10 Å². The molecule has 2 N–H and O–H groups in total. The lowest BCUT2D eigenvalue weighted by molar-refractivity contribution is -0.147. The minimum absolute atomic E-state index is 0.00490. The number of benzene rings is 3. The van der Waals surface area contributed by atoms with Crippen LogP contribution < -0.4 is 0 Å². The molecule has 3 aromatic carbocycles. The number of aliphatic hydroxyl groups excluding tert-OH is 1. The third-order valence-corrected chi connectivity index (χ3v) is 14.1. The van der Waals surface area contributed by atoms with Crippen LogP contribution in [-0.4, -0.2) is 78.2 Å². The first-order valence-electron chi connectivity index (χ1n) is 17.9. The third kappa shape index (κ3) is 9.69. The number of aliphatic hydroxyl groups is 1. The lowest BCUT2D eigenvalue weighted by Gasteiger charge is -2.31. The molecule has 0 spiro atoms. The SMILES string of the molecule is COCC(Cc1cccc([C@@](C)(CCCC(C)(C)CS(=O)(=O)CCO)c2nc(-c3cc(Sc4c(F)c(F)c5[nH]ccc5c4Br)ccc3F)n(C)n2)c1)C(=O)OC. The normalized spacial score (nSPS) is 13.9. The number of sulfone groups is 1. The van der Waals surface area contributed by atoms with Crippen molar-refractivity contribution in [1.82, 2.24) is 19.7 Å². The molecule has 10 nitrogen and oxygen atoms in total. The Labute approximate surface area is 337 Å². The second kappa shape index (κ2) is 17.8. The summed E-state index contributed by atoms with van der Waals surface area (Å²) < 4.78 is 83.3. The van der Waals surface area contributed by atoms with Crippen molar-refractivity contribution >= 4 is 54.4 Å². The summed E-state index contributed by atoms with van der Waals surface area (Å²) in [5.41, 5.74) is 0.323. The fraction of sp³-hybridized carbons (Fsp3) is 0.425. The number of hydrogen-bond acceptors (Lipinski definition) is 9. The van der Waals surface area contributed by atoms with Gasteiger partial charge in [-0.05, 0) is 82.9 Å². The highest BCUT2D eigenvalue weighted by Crippen LogP contribution is 2.43. The molecule has 5 aromatic rings. The van der Waals surface area contributed by atoms with E-state index in [9.17, 15) is 22.7 Å². The summed E-state index contributed by atoms with van der Waals surface area (Å²) in [5, 5.41) is 14.5. The van der Waals surface area contributed by atoms with Crippen molar-refractivity contribution in [3.63, 3.8) is 0 Å². The number of carbonyl (C=O) groups is 1. The third-order valence-electron chi connectivity index (χ3n) is 9.94. The number of methoxy groups -OCH3 is 2. The van der Waals surface area contributed by atoms with E-state index in [1.807, 2.05) is 45.0 Å². The highest BCUT2D eigenvalue weighted by molar-refractivity contribution is 9.10. The predicted octanol–water partition coefficient (Wildman–Crippen LogP) is 8.18. The Hall–Kier alpha value is -3.70. The molecule has 0 saturated heterocycles. The van der Waals surface area contributed by atoms with Gasteiger partial charge in [0.15, 0.2) is 33.1 Å². The highest BCUT2D eigenvalue weighted by atomic mass is 79.9. The first-order valence-corrected chi connectivity index (χ1v) is 21.4. The molecule has 1 unspecified atom stereocenters. The Balaban J connectivity index is 1.53. The average molecular weight is 880 g/mol. The van der Waals surface area contributed by atoms with Gasteiger partial charge in [-0.3, -0.25) is 4.79 Å². The van der Waals surface area contributed by atoms with E-state index in [1.165, 1.54) is 43.3 Å². The second-order valence-corrected chi connectivity index (χ2v) is 19.0. The van der Waals surface area contributed by atoms with E-state index in [-0.39, 0.29) is 39.9 Å². The van der Waals surface area contributed by atoms with Gasteiger partial charge in [0.1, 0.15) is 5.82 Å². The van der Waals surface area contributed by atoms with Crippen molar-refractivity contribution < 1.29 is 41.0 Å². The van der Waals surface area contributed by atoms with E-state index in [2.05, 4.69) is 20.9 Å². The molecule has 0 bridgehead atoms. The van der Waals surface area contributed by atoms with E-state index in [4.69, 9.17) is 19.6 Å². The van der Waals surface area contributed by atoms with E-state index in [0.29, 0.717) is 46.3 Å². The molecular weight excluding hydrogens is 833 g/mol. The van der Waals surface area contributed by atoms with Crippen LogP contribution >= 0.6 is 27.7 Å². The van der Waals surface area contributed by atoms with Crippen LogP contribution in [-0.2, 0) is 43.0 Å². The minimum atomic E-state index is -3.47. The molecule has 2 heterocycles. The summed E-state index contributed by atoms with van der Waals surface area (Å²) in [4.78, 5) is 20.6. The van der Waals surface area contributed by atoms with E-state index in [0.717, 1.165) is 22.9 Å². The van der Waals surface area contributed by atoms with Crippen LogP contribution in [0.3, 0.4) is 0 Å². The number of halogens is 4. The fourth-order valence-corrected chi connectivity index (χ4v) is 10.5. The summed E-state index contributed by atoms with van der Waals surface area (Å²) in [6, 6.07) is 13.6. The van der Waals surface area contributed by atoms with Crippen molar-refractivity contribution in [3.8, 4) is 11.4 Å². The molecule has 0 amide bonds. The number of nitrogens with one attached hydrogen (secondary N) is 1.